The number of benzene rings is 2. The molecule has 3 N–H and O–H groups in total. The average Bonchev–Trinajstić information content (AvgIpc) is 2.46. The van der Waals surface area contributed by atoms with Crippen molar-refractivity contribution in [1.82, 2.24) is 10.6 Å². The molecule has 0 aliphatic carbocycles. The molecule has 0 fully saturated rings. The molecule has 0 heterocycles. The van der Waals surface area contributed by atoms with Crippen molar-refractivity contribution in [2.45, 2.75) is 26.4 Å². The molecule has 0 aliphatic rings. The van der Waals surface area contributed by atoms with E-state index < -0.39 is 0 Å². The molecular weight excluding hydrogens is 252 g/mol. The van der Waals surface area contributed by atoms with Crippen LogP contribution >= 0.6 is 0 Å². The summed E-state index contributed by atoms with van der Waals surface area (Å²) in [7, 11) is 0. The molecule has 2 aromatic rings. The van der Waals surface area contributed by atoms with E-state index in [0.29, 0.717) is 13.1 Å². The molecule has 20 heavy (non-hydrogen) atoms. The van der Waals surface area contributed by atoms with E-state index in [4.69, 9.17) is 0 Å². The van der Waals surface area contributed by atoms with Gasteiger partial charge in [-0.25, -0.2) is 0 Å². The van der Waals surface area contributed by atoms with Gasteiger partial charge in [0, 0.05) is 18.7 Å². The summed E-state index contributed by atoms with van der Waals surface area (Å²) in [6.45, 7) is 4.77. The summed E-state index contributed by atoms with van der Waals surface area (Å²) in [6.07, 6.45) is 0. The summed E-state index contributed by atoms with van der Waals surface area (Å²) in [4.78, 5) is 11.7. The molecule has 1 amide bonds. The fraction of sp³-hybridized carbons (Fsp3) is 0.312. The summed E-state index contributed by atoms with van der Waals surface area (Å²) in [5.74, 6) is 0.214. The quantitative estimate of drug-likeness (QED) is 0.781. The molecule has 1 atom stereocenters. The molecule has 4 heteroatoms. The summed E-state index contributed by atoms with van der Waals surface area (Å²) in [5, 5.41) is 18.0. The molecule has 0 saturated heterocycles. The zero-order chi connectivity index (χ0) is 14.5. The summed E-state index contributed by atoms with van der Waals surface area (Å²) in [6, 6.07) is 11.2. The molecule has 2 rings (SSSR count). The lowest BCUT2D eigenvalue weighted by atomic mass is 10.0. The molecule has 4 nitrogen and oxygen atoms in total. The van der Waals surface area contributed by atoms with Gasteiger partial charge in [-0.1, -0.05) is 30.3 Å². The average molecular weight is 272 g/mol. The van der Waals surface area contributed by atoms with Crippen LogP contribution in [0.15, 0.2) is 36.4 Å². The highest BCUT2D eigenvalue weighted by molar-refractivity contribution is 5.87. The number of fused-ring (bicyclic) bond motifs is 1. The number of likely N-dealkylation sites (N-methyl/N-ethyl adjacent to an activating group) is 1. The molecular formula is C16H20N2O2. The van der Waals surface area contributed by atoms with Crippen molar-refractivity contribution in [2.24, 2.45) is 0 Å². The van der Waals surface area contributed by atoms with Gasteiger partial charge in [0.2, 0.25) is 5.91 Å². The Labute approximate surface area is 118 Å². The third-order valence-corrected chi connectivity index (χ3v) is 3.35. The third-order valence-electron chi connectivity index (χ3n) is 3.35. The second kappa shape index (κ2) is 6.39. The first-order chi connectivity index (χ1) is 9.63. The van der Waals surface area contributed by atoms with E-state index in [1.165, 1.54) is 0 Å². The molecule has 0 spiro atoms. The van der Waals surface area contributed by atoms with Gasteiger partial charge in [-0.2, -0.15) is 0 Å². The van der Waals surface area contributed by atoms with Crippen molar-refractivity contribution in [3.8, 4) is 5.75 Å². The first-order valence-corrected chi connectivity index (χ1v) is 6.84. The van der Waals surface area contributed by atoms with Crippen LogP contribution in [0.25, 0.3) is 10.8 Å². The van der Waals surface area contributed by atoms with E-state index in [1.807, 2.05) is 44.2 Å². The highest BCUT2D eigenvalue weighted by atomic mass is 16.3. The van der Waals surface area contributed by atoms with Gasteiger partial charge in [0.25, 0.3) is 0 Å². The van der Waals surface area contributed by atoms with Gasteiger partial charge < -0.3 is 15.7 Å². The Hall–Kier alpha value is -2.07. The summed E-state index contributed by atoms with van der Waals surface area (Å²) < 4.78 is 0. The van der Waals surface area contributed by atoms with Gasteiger partial charge >= 0.3 is 0 Å². The molecule has 0 radical (unpaired) electrons. The van der Waals surface area contributed by atoms with Crippen LogP contribution in [0, 0.1) is 0 Å². The number of amides is 1. The maximum absolute atomic E-state index is 11.7. The zero-order valence-electron chi connectivity index (χ0n) is 11.8. The fourth-order valence-corrected chi connectivity index (χ4v) is 2.19. The minimum Gasteiger partial charge on any atom is -0.508 e. The minimum atomic E-state index is -0.298. The third kappa shape index (κ3) is 3.08. The molecule has 2 aromatic carbocycles. The second-order valence-corrected chi connectivity index (χ2v) is 4.78. The molecule has 0 saturated carbocycles. The number of hydrogen-bond donors (Lipinski definition) is 3. The van der Waals surface area contributed by atoms with E-state index in [0.717, 1.165) is 16.3 Å². The highest BCUT2D eigenvalue weighted by Crippen LogP contribution is 2.26. The summed E-state index contributed by atoms with van der Waals surface area (Å²) in [5.41, 5.74) is 0.819. The van der Waals surface area contributed by atoms with Gasteiger partial charge in [-0.05, 0) is 30.7 Å². The highest BCUT2D eigenvalue weighted by Gasteiger charge is 2.13. The number of rotatable bonds is 5. The van der Waals surface area contributed by atoms with Crippen LogP contribution in [0.4, 0.5) is 0 Å². The van der Waals surface area contributed by atoms with E-state index in [-0.39, 0.29) is 17.7 Å². The van der Waals surface area contributed by atoms with Crippen LogP contribution in [-0.4, -0.2) is 23.6 Å². The first-order valence-electron chi connectivity index (χ1n) is 6.84. The second-order valence-electron chi connectivity index (χ2n) is 4.78. The van der Waals surface area contributed by atoms with E-state index in [9.17, 15) is 9.90 Å². The van der Waals surface area contributed by atoms with Crippen molar-refractivity contribution in [3.63, 3.8) is 0 Å². The lowest BCUT2D eigenvalue weighted by molar-refractivity contribution is -0.122. The van der Waals surface area contributed by atoms with Crippen LogP contribution in [0.3, 0.4) is 0 Å². The topological polar surface area (TPSA) is 61.4 Å². The van der Waals surface area contributed by atoms with Crippen molar-refractivity contribution in [3.05, 3.63) is 42.0 Å². The van der Waals surface area contributed by atoms with E-state index in [1.54, 1.807) is 6.07 Å². The van der Waals surface area contributed by atoms with Crippen molar-refractivity contribution >= 4 is 16.7 Å². The van der Waals surface area contributed by atoms with Crippen LogP contribution in [0.2, 0.25) is 0 Å². The predicted octanol–water partition coefficient (Wildman–Crippen LogP) is 2.16. The standard InChI is InChI=1S/C16H20N2O2/c1-3-17-16(20)11(2)18-10-14-13-7-5-4-6-12(13)8-9-15(14)19/h4-9,11,18-19H,3,10H2,1-2H3,(H,17,20). The Morgan fingerprint density at radius 2 is 2.00 bits per heavy atom. The normalized spacial score (nSPS) is 12.3. The van der Waals surface area contributed by atoms with Crippen LogP contribution < -0.4 is 10.6 Å². The largest absolute Gasteiger partial charge is 0.508 e. The van der Waals surface area contributed by atoms with Crippen LogP contribution in [-0.2, 0) is 11.3 Å². The van der Waals surface area contributed by atoms with Crippen LogP contribution in [0.1, 0.15) is 19.4 Å². The smallest absolute Gasteiger partial charge is 0.236 e. The Morgan fingerprint density at radius 1 is 1.25 bits per heavy atom. The lowest BCUT2D eigenvalue weighted by Gasteiger charge is -2.15. The number of carbonyl (C=O) groups excluding carboxylic acids is 1. The Bertz CT molecular complexity index is 610. The van der Waals surface area contributed by atoms with E-state index >= 15 is 0 Å². The maximum atomic E-state index is 11.7. The number of hydrogen-bond acceptors (Lipinski definition) is 3. The number of carbonyl (C=O) groups is 1. The molecule has 0 aromatic heterocycles. The zero-order valence-corrected chi connectivity index (χ0v) is 11.8. The van der Waals surface area contributed by atoms with Gasteiger partial charge in [-0.15, -0.1) is 0 Å². The summed E-state index contributed by atoms with van der Waals surface area (Å²) >= 11 is 0. The lowest BCUT2D eigenvalue weighted by Crippen LogP contribution is -2.41. The van der Waals surface area contributed by atoms with Gasteiger partial charge in [0.05, 0.1) is 6.04 Å². The first kappa shape index (κ1) is 14.3. The number of nitrogens with one attached hydrogen (secondary N) is 2. The Balaban J connectivity index is 2.17. The number of aromatic hydroxyl groups is 1. The predicted molar refractivity (Wildman–Crippen MR) is 80.6 cm³/mol. The molecule has 0 bridgehead atoms. The van der Waals surface area contributed by atoms with Crippen LogP contribution in [0.5, 0.6) is 5.75 Å². The van der Waals surface area contributed by atoms with Gasteiger partial charge in [0.1, 0.15) is 5.75 Å². The van der Waals surface area contributed by atoms with Crippen molar-refractivity contribution < 1.29 is 9.90 Å². The number of phenols is 1. The monoisotopic (exact) mass is 272 g/mol. The Kier molecular flexibility index (Phi) is 4.58. The fourth-order valence-electron chi connectivity index (χ4n) is 2.19. The van der Waals surface area contributed by atoms with Gasteiger partial charge in [-0.3, -0.25) is 4.79 Å². The maximum Gasteiger partial charge on any atom is 0.236 e. The number of phenolic OH excluding ortho intramolecular Hbond substituents is 1. The van der Waals surface area contributed by atoms with Crippen molar-refractivity contribution in [1.29, 1.82) is 0 Å². The Morgan fingerprint density at radius 3 is 2.75 bits per heavy atom. The molecule has 0 aliphatic heterocycles. The molecule has 106 valence electrons. The van der Waals surface area contributed by atoms with E-state index in [2.05, 4.69) is 10.6 Å². The minimum absolute atomic E-state index is 0.0350. The van der Waals surface area contributed by atoms with Gasteiger partial charge in [0.15, 0.2) is 0 Å². The molecule has 1 unspecified atom stereocenters. The van der Waals surface area contributed by atoms with Crippen molar-refractivity contribution in [2.75, 3.05) is 6.54 Å². The SMILES string of the molecule is CCNC(=O)C(C)NCc1c(O)ccc2ccccc12.